The van der Waals surface area contributed by atoms with Gasteiger partial charge in [-0.05, 0) is 6.92 Å². The van der Waals surface area contributed by atoms with Crippen molar-refractivity contribution in [1.82, 2.24) is 9.97 Å². The van der Waals surface area contributed by atoms with E-state index in [4.69, 9.17) is 4.78 Å². The third kappa shape index (κ3) is 1.91. The molecule has 0 saturated heterocycles. The van der Waals surface area contributed by atoms with Gasteiger partial charge in [-0.25, -0.2) is 14.0 Å². The van der Waals surface area contributed by atoms with Crippen LogP contribution in [0.5, 0.6) is 0 Å². The average molecular weight is 187 g/mol. The fraction of sp³-hybridized carbons (Fsp3) is 0.333. The van der Waals surface area contributed by atoms with E-state index >= 15 is 0 Å². The molecule has 1 rings (SSSR count). The molecule has 0 amide bonds. The lowest BCUT2D eigenvalue weighted by Gasteiger charge is -1.99. The molecule has 0 aliphatic carbocycles. The molecule has 0 bridgehead atoms. The molecule has 6 heteroatoms. The van der Waals surface area contributed by atoms with E-state index in [0.717, 1.165) is 0 Å². The number of rotatable bonds is 1. The first-order valence-corrected chi connectivity index (χ1v) is 5.18. The summed E-state index contributed by atoms with van der Waals surface area (Å²) in [6, 6.07) is 1.29. The van der Waals surface area contributed by atoms with Crippen molar-refractivity contribution in [3.8, 4) is 0 Å². The van der Waals surface area contributed by atoms with Gasteiger partial charge in [-0.3, -0.25) is 9.78 Å². The van der Waals surface area contributed by atoms with Gasteiger partial charge in [-0.15, -0.1) is 0 Å². The Bertz CT molecular complexity index is 446. The van der Waals surface area contributed by atoms with Crippen LogP contribution in [0.15, 0.2) is 16.0 Å². The van der Waals surface area contributed by atoms with Gasteiger partial charge in [0.25, 0.3) is 5.56 Å². The number of aromatic amines is 1. The van der Waals surface area contributed by atoms with Crippen molar-refractivity contribution < 1.29 is 4.21 Å². The van der Waals surface area contributed by atoms with E-state index in [-0.39, 0.29) is 10.7 Å². The zero-order chi connectivity index (χ0) is 9.35. The van der Waals surface area contributed by atoms with Crippen LogP contribution in [0.4, 0.5) is 0 Å². The van der Waals surface area contributed by atoms with Crippen LogP contribution in [0.2, 0.25) is 0 Å². The zero-order valence-corrected chi connectivity index (χ0v) is 7.57. The van der Waals surface area contributed by atoms with Crippen LogP contribution in [0.1, 0.15) is 5.69 Å². The van der Waals surface area contributed by atoms with Gasteiger partial charge in [0.15, 0.2) is 0 Å². The molecule has 0 fully saturated rings. The highest BCUT2D eigenvalue weighted by Crippen LogP contribution is 1.98. The fourth-order valence-corrected chi connectivity index (χ4v) is 1.35. The average Bonchev–Trinajstić information content (AvgIpc) is 1.82. The number of nitrogens with zero attached hydrogens (tertiary/aromatic N) is 1. The Labute approximate surface area is 69.8 Å². The Kier molecular flexibility index (Phi) is 2.01. The predicted molar refractivity (Wildman–Crippen MR) is 44.6 cm³/mol. The van der Waals surface area contributed by atoms with E-state index < -0.39 is 9.73 Å². The second-order valence-electron chi connectivity index (χ2n) is 2.54. The molecule has 0 aliphatic rings. The predicted octanol–water partition coefficient (Wildman–Crippen LogP) is 0.114. The molecule has 1 heterocycles. The van der Waals surface area contributed by atoms with E-state index in [1.54, 1.807) is 6.92 Å². The lowest BCUT2D eigenvalue weighted by molar-refractivity contribution is 0.669. The quantitative estimate of drug-likeness (QED) is 0.612. The molecule has 66 valence electrons. The van der Waals surface area contributed by atoms with E-state index in [2.05, 4.69) is 9.97 Å². The highest BCUT2D eigenvalue weighted by Gasteiger charge is 2.05. The number of H-pyrrole nitrogens is 1. The van der Waals surface area contributed by atoms with E-state index in [0.29, 0.717) is 5.69 Å². The third-order valence-corrected chi connectivity index (χ3v) is 2.15. The molecule has 12 heavy (non-hydrogen) atoms. The molecule has 0 unspecified atom stereocenters. The highest BCUT2D eigenvalue weighted by atomic mass is 32.2. The Hall–Kier alpha value is -1.17. The fourth-order valence-electron chi connectivity index (χ4n) is 0.736. The molecular weight excluding hydrogens is 178 g/mol. The van der Waals surface area contributed by atoms with E-state index in [1.807, 2.05) is 0 Å². The smallest absolute Gasteiger partial charge is 0.251 e. The van der Waals surface area contributed by atoms with Crippen molar-refractivity contribution in [2.45, 2.75) is 12.1 Å². The zero-order valence-electron chi connectivity index (χ0n) is 6.75. The molecule has 5 nitrogen and oxygen atoms in total. The minimum Gasteiger partial charge on any atom is -0.299 e. The summed E-state index contributed by atoms with van der Waals surface area (Å²) >= 11 is 0. The number of aryl methyl sites for hydroxylation is 1. The van der Waals surface area contributed by atoms with Crippen LogP contribution < -0.4 is 5.56 Å². The molecular formula is C6H9N3O2S. The second-order valence-corrected chi connectivity index (χ2v) is 4.61. The first-order valence-electron chi connectivity index (χ1n) is 3.21. The summed E-state index contributed by atoms with van der Waals surface area (Å²) in [5, 5.41) is -0.0625. The molecule has 0 aromatic carbocycles. The Morgan fingerprint density at radius 3 is 2.67 bits per heavy atom. The first-order chi connectivity index (χ1) is 5.39. The van der Waals surface area contributed by atoms with Gasteiger partial charge in [-0.1, -0.05) is 0 Å². The highest BCUT2D eigenvalue weighted by molar-refractivity contribution is 7.91. The van der Waals surface area contributed by atoms with Gasteiger partial charge in [0.1, 0.15) is 9.73 Å². The standard InChI is InChI=1S/C6H9N3O2S/c1-4-3-5(10)9-6(8-4)12(2,7)11/h3,7H,1-2H3,(H,8,9,10)/t12-/m0/s1. The number of aromatic nitrogens is 2. The lowest BCUT2D eigenvalue weighted by Crippen LogP contribution is -2.13. The van der Waals surface area contributed by atoms with E-state index in [1.165, 1.54) is 12.3 Å². The van der Waals surface area contributed by atoms with Crippen LogP contribution in [0, 0.1) is 11.7 Å². The number of hydrogen-bond donors (Lipinski definition) is 2. The van der Waals surface area contributed by atoms with Crippen molar-refractivity contribution >= 4 is 9.73 Å². The van der Waals surface area contributed by atoms with Gasteiger partial charge in [0, 0.05) is 18.0 Å². The molecule has 1 atom stereocenters. The van der Waals surface area contributed by atoms with Crippen LogP contribution in [0.3, 0.4) is 0 Å². The molecule has 0 radical (unpaired) electrons. The summed E-state index contributed by atoms with van der Waals surface area (Å²) < 4.78 is 18.3. The molecule has 0 aliphatic heterocycles. The maximum absolute atomic E-state index is 11.1. The maximum atomic E-state index is 11.1. The molecule has 2 N–H and O–H groups in total. The molecule has 0 saturated carbocycles. The van der Waals surface area contributed by atoms with Gasteiger partial charge < -0.3 is 0 Å². The van der Waals surface area contributed by atoms with Crippen molar-refractivity contribution in [1.29, 1.82) is 4.78 Å². The summed E-state index contributed by atoms with van der Waals surface area (Å²) in [6.07, 6.45) is 1.21. The summed E-state index contributed by atoms with van der Waals surface area (Å²) in [5.74, 6) is 0. The Morgan fingerprint density at radius 1 is 1.67 bits per heavy atom. The van der Waals surface area contributed by atoms with Crippen LogP contribution in [-0.4, -0.2) is 20.4 Å². The Balaban J connectivity index is 3.48. The van der Waals surface area contributed by atoms with Crippen molar-refractivity contribution in [3.05, 3.63) is 22.1 Å². The van der Waals surface area contributed by atoms with Crippen molar-refractivity contribution in [2.75, 3.05) is 6.26 Å². The summed E-state index contributed by atoms with van der Waals surface area (Å²) in [5.41, 5.74) is 0.0925. The van der Waals surface area contributed by atoms with Gasteiger partial charge >= 0.3 is 0 Å². The maximum Gasteiger partial charge on any atom is 0.251 e. The summed E-state index contributed by atoms with van der Waals surface area (Å²) in [7, 11) is -2.91. The van der Waals surface area contributed by atoms with Crippen molar-refractivity contribution in [3.63, 3.8) is 0 Å². The van der Waals surface area contributed by atoms with E-state index in [9.17, 15) is 9.00 Å². The molecule has 1 aromatic rings. The topological polar surface area (TPSA) is 86.7 Å². The van der Waals surface area contributed by atoms with Crippen LogP contribution in [-0.2, 0) is 9.73 Å². The van der Waals surface area contributed by atoms with Crippen molar-refractivity contribution in [2.24, 2.45) is 0 Å². The molecule has 0 spiro atoms. The van der Waals surface area contributed by atoms with Gasteiger partial charge in [0.2, 0.25) is 5.16 Å². The minimum absolute atomic E-state index is 0.0625. The second kappa shape index (κ2) is 2.71. The molecule has 1 aromatic heterocycles. The summed E-state index contributed by atoms with van der Waals surface area (Å²) in [6.45, 7) is 1.62. The number of hydrogen-bond acceptors (Lipinski definition) is 4. The normalized spacial score (nSPS) is 15.5. The largest absolute Gasteiger partial charge is 0.299 e. The Morgan fingerprint density at radius 2 is 2.25 bits per heavy atom. The monoisotopic (exact) mass is 187 g/mol. The number of nitrogens with one attached hydrogen (secondary N) is 2. The van der Waals surface area contributed by atoms with Gasteiger partial charge in [0.05, 0.1) is 0 Å². The minimum atomic E-state index is -2.91. The summed E-state index contributed by atoms with van der Waals surface area (Å²) in [4.78, 5) is 16.9. The van der Waals surface area contributed by atoms with Crippen LogP contribution >= 0.6 is 0 Å². The van der Waals surface area contributed by atoms with Gasteiger partial charge in [-0.2, -0.15) is 0 Å². The third-order valence-electron chi connectivity index (χ3n) is 1.22. The SMILES string of the molecule is Cc1cc(=O)[nH]c([S@@](C)(=N)=O)n1. The van der Waals surface area contributed by atoms with Crippen LogP contribution in [0.25, 0.3) is 0 Å². The lowest BCUT2D eigenvalue weighted by atomic mass is 10.5. The first kappa shape index (κ1) is 8.92.